The van der Waals surface area contributed by atoms with Crippen LogP contribution in [0.15, 0.2) is 24.3 Å². The number of rotatable bonds is 9. The van der Waals surface area contributed by atoms with Crippen molar-refractivity contribution in [2.24, 2.45) is 0 Å². The Bertz CT molecular complexity index is 375. The molecule has 0 radical (unpaired) electrons. The Morgan fingerprint density at radius 1 is 1.26 bits per heavy atom. The van der Waals surface area contributed by atoms with Crippen LogP contribution in [0.2, 0.25) is 0 Å². The van der Waals surface area contributed by atoms with Gasteiger partial charge >= 0.3 is 5.97 Å². The molecule has 0 saturated heterocycles. The van der Waals surface area contributed by atoms with Crippen LogP contribution in [-0.4, -0.2) is 36.2 Å². The molecule has 0 heterocycles. The van der Waals surface area contributed by atoms with Crippen molar-refractivity contribution < 1.29 is 14.6 Å². The number of aliphatic carboxylic acids is 1. The number of unbranched alkanes of at least 4 members (excludes halogenated alkanes) is 1. The fourth-order valence-corrected chi connectivity index (χ4v) is 1.91. The molecule has 4 nitrogen and oxygen atoms in total. The Morgan fingerprint density at radius 3 is 2.53 bits per heavy atom. The summed E-state index contributed by atoms with van der Waals surface area (Å²) in [5.74, 6) is 0.185. The van der Waals surface area contributed by atoms with E-state index in [1.165, 1.54) is 5.56 Å². The van der Waals surface area contributed by atoms with Gasteiger partial charge in [0.1, 0.15) is 5.75 Å². The lowest BCUT2D eigenvalue weighted by molar-refractivity contribution is -0.137. The lowest BCUT2D eigenvalue weighted by Crippen LogP contribution is -2.19. The van der Waals surface area contributed by atoms with Gasteiger partial charge in [-0.25, -0.2) is 0 Å². The Morgan fingerprint density at radius 2 is 1.95 bits per heavy atom. The maximum Gasteiger partial charge on any atom is 0.303 e. The maximum absolute atomic E-state index is 10.4. The van der Waals surface area contributed by atoms with E-state index in [1.54, 1.807) is 0 Å². The van der Waals surface area contributed by atoms with Gasteiger partial charge in [0.2, 0.25) is 0 Å². The molecule has 0 fully saturated rings. The average molecular weight is 265 g/mol. The summed E-state index contributed by atoms with van der Waals surface area (Å²) in [6, 6.07) is 8.10. The fourth-order valence-electron chi connectivity index (χ4n) is 1.91. The topological polar surface area (TPSA) is 49.8 Å². The number of nitrogens with zero attached hydrogens (tertiary/aromatic N) is 1. The first-order chi connectivity index (χ1) is 9.11. The summed E-state index contributed by atoms with van der Waals surface area (Å²) >= 11 is 0. The van der Waals surface area contributed by atoms with Crippen molar-refractivity contribution >= 4 is 5.97 Å². The SMILES string of the molecule is CCOc1ccc(CN(C)CCCCC(=O)O)cc1. The molecule has 0 spiro atoms. The highest BCUT2D eigenvalue weighted by Crippen LogP contribution is 2.13. The van der Waals surface area contributed by atoms with E-state index in [2.05, 4.69) is 24.1 Å². The van der Waals surface area contributed by atoms with Crippen molar-refractivity contribution in [3.63, 3.8) is 0 Å². The summed E-state index contributed by atoms with van der Waals surface area (Å²) in [4.78, 5) is 12.6. The lowest BCUT2D eigenvalue weighted by atomic mass is 10.2. The summed E-state index contributed by atoms with van der Waals surface area (Å²) in [6.45, 7) is 4.45. The molecule has 1 N–H and O–H groups in total. The van der Waals surface area contributed by atoms with Crippen molar-refractivity contribution in [1.29, 1.82) is 0 Å². The minimum absolute atomic E-state index is 0.261. The molecule has 0 aromatic heterocycles. The minimum atomic E-state index is -0.714. The van der Waals surface area contributed by atoms with Crippen LogP contribution in [0.3, 0.4) is 0 Å². The normalized spacial score (nSPS) is 10.7. The number of benzene rings is 1. The second-order valence-electron chi connectivity index (χ2n) is 4.67. The van der Waals surface area contributed by atoms with Gasteiger partial charge in [0.05, 0.1) is 6.61 Å². The first kappa shape index (κ1) is 15.5. The highest BCUT2D eigenvalue weighted by atomic mass is 16.5. The van der Waals surface area contributed by atoms with E-state index in [0.717, 1.165) is 31.7 Å². The van der Waals surface area contributed by atoms with Gasteiger partial charge < -0.3 is 14.7 Å². The molecule has 1 aromatic carbocycles. The zero-order chi connectivity index (χ0) is 14.1. The largest absolute Gasteiger partial charge is 0.494 e. The van der Waals surface area contributed by atoms with Crippen LogP contribution in [0.1, 0.15) is 31.7 Å². The molecule has 0 unspecified atom stereocenters. The van der Waals surface area contributed by atoms with E-state index < -0.39 is 5.97 Å². The first-order valence-corrected chi connectivity index (χ1v) is 6.74. The van der Waals surface area contributed by atoms with Gasteiger partial charge in [0.25, 0.3) is 0 Å². The molecule has 0 atom stereocenters. The Kier molecular flexibility index (Phi) is 6.97. The molecule has 0 aliphatic heterocycles. The monoisotopic (exact) mass is 265 g/mol. The third kappa shape index (κ3) is 6.82. The number of carboxylic acid groups (broad SMARTS) is 1. The number of carboxylic acids is 1. The van der Waals surface area contributed by atoms with Crippen LogP contribution >= 0.6 is 0 Å². The van der Waals surface area contributed by atoms with Gasteiger partial charge in [-0.15, -0.1) is 0 Å². The summed E-state index contributed by atoms with van der Waals surface area (Å²) in [6.07, 6.45) is 1.92. The van der Waals surface area contributed by atoms with Gasteiger partial charge in [0, 0.05) is 13.0 Å². The predicted molar refractivity (Wildman–Crippen MR) is 75.4 cm³/mol. The van der Waals surface area contributed by atoms with E-state index in [0.29, 0.717) is 6.61 Å². The van der Waals surface area contributed by atoms with Crippen LogP contribution in [0.5, 0.6) is 5.75 Å². The summed E-state index contributed by atoms with van der Waals surface area (Å²) in [5.41, 5.74) is 1.24. The average Bonchev–Trinajstić information content (AvgIpc) is 2.37. The molecule has 0 aliphatic carbocycles. The standard InChI is InChI=1S/C15H23NO3/c1-3-19-14-9-7-13(8-10-14)12-16(2)11-5-4-6-15(17)18/h7-10H,3-6,11-12H2,1-2H3,(H,17,18). The van der Waals surface area contributed by atoms with E-state index >= 15 is 0 Å². The van der Waals surface area contributed by atoms with E-state index in [1.807, 2.05) is 19.1 Å². The van der Waals surface area contributed by atoms with Gasteiger partial charge in [-0.3, -0.25) is 4.79 Å². The van der Waals surface area contributed by atoms with Crippen LogP contribution < -0.4 is 4.74 Å². The molecular weight excluding hydrogens is 242 g/mol. The zero-order valence-corrected chi connectivity index (χ0v) is 11.8. The van der Waals surface area contributed by atoms with Crippen molar-refractivity contribution in [2.75, 3.05) is 20.2 Å². The summed E-state index contributed by atoms with van der Waals surface area (Å²) < 4.78 is 5.40. The first-order valence-electron chi connectivity index (χ1n) is 6.74. The Hall–Kier alpha value is -1.55. The number of ether oxygens (including phenoxy) is 1. The highest BCUT2D eigenvalue weighted by Gasteiger charge is 2.02. The van der Waals surface area contributed by atoms with E-state index in [-0.39, 0.29) is 6.42 Å². The summed E-state index contributed by atoms with van der Waals surface area (Å²) in [5, 5.41) is 8.56. The van der Waals surface area contributed by atoms with Crippen LogP contribution in [-0.2, 0) is 11.3 Å². The molecule has 19 heavy (non-hydrogen) atoms. The Balaban J connectivity index is 2.27. The van der Waals surface area contributed by atoms with Crippen molar-refractivity contribution in [3.8, 4) is 5.75 Å². The van der Waals surface area contributed by atoms with Crippen LogP contribution in [0.4, 0.5) is 0 Å². The van der Waals surface area contributed by atoms with Gasteiger partial charge in [-0.2, -0.15) is 0 Å². The second kappa shape index (κ2) is 8.53. The third-order valence-electron chi connectivity index (χ3n) is 2.87. The minimum Gasteiger partial charge on any atom is -0.494 e. The second-order valence-corrected chi connectivity index (χ2v) is 4.67. The molecule has 1 rings (SSSR count). The van der Waals surface area contributed by atoms with Crippen molar-refractivity contribution in [3.05, 3.63) is 29.8 Å². The molecule has 0 bridgehead atoms. The number of hydrogen-bond donors (Lipinski definition) is 1. The fraction of sp³-hybridized carbons (Fsp3) is 0.533. The van der Waals surface area contributed by atoms with E-state index in [4.69, 9.17) is 9.84 Å². The Labute approximate surface area is 115 Å². The molecule has 106 valence electrons. The smallest absolute Gasteiger partial charge is 0.303 e. The lowest BCUT2D eigenvalue weighted by Gasteiger charge is -2.16. The molecule has 4 heteroatoms. The molecule has 0 saturated carbocycles. The maximum atomic E-state index is 10.4. The number of hydrogen-bond acceptors (Lipinski definition) is 3. The van der Waals surface area contributed by atoms with Crippen molar-refractivity contribution in [1.82, 2.24) is 4.90 Å². The van der Waals surface area contributed by atoms with Gasteiger partial charge in [0.15, 0.2) is 0 Å². The van der Waals surface area contributed by atoms with Gasteiger partial charge in [-0.1, -0.05) is 12.1 Å². The number of carbonyl (C=O) groups is 1. The predicted octanol–water partition coefficient (Wildman–Crippen LogP) is 2.77. The van der Waals surface area contributed by atoms with Gasteiger partial charge in [-0.05, 0) is 51.1 Å². The van der Waals surface area contributed by atoms with E-state index in [9.17, 15) is 4.79 Å². The van der Waals surface area contributed by atoms with Crippen LogP contribution in [0.25, 0.3) is 0 Å². The third-order valence-corrected chi connectivity index (χ3v) is 2.87. The molecule has 1 aromatic rings. The molecular formula is C15H23NO3. The molecule has 0 aliphatic rings. The van der Waals surface area contributed by atoms with Crippen LogP contribution in [0, 0.1) is 0 Å². The molecule has 0 amide bonds. The van der Waals surface area contributed by atoms with Crippen molar-refractivity contribution in [2.45, 2.75) is 32.7 Å². The summed E-state index contributed by atoms with van der Waals surface area (Å²) in [7, 11) is 2.05. The zero-order valence-electron chi connectivity index (χ0n) is 11.8. The highest BCUT2D eigenvalue weighted by molar-refractivity contribution is 5.66. The quantitative estimate of drug-likeness (QED) is 0.697.